The van der Waals surface area contributed by atoms with Gasteiger partial charge >= 0.3 is 6.18 Å². The van der Waals surface area contributed by atoms with Gasteiger partial charge in [0.15, 0.2) is 0 Å². The van der Waals surface area contributed by atoms with Gasteiger partial charge in [-0.2, -0.15) is 13.2 Å². The topological polar surface area (TPSA) is 17.1 Å². The molecule has 1 nitrogen and oxygen atoms in total. The van der Waals surface area contributed by atoms with Gasteiger partial charge in [0.05, 0.1) is 5.56 Å². The van der Waals surface area contributed by atoms with E-state index in [9.17, 15) is 18.0 Å². The highest BCUT2D eigenvalue weighted by Crippen LogP contribution is 2.34. The maximum absolute atomic E-state index is 12.4. The summed E-state index contributed by atoms with van der Waals surface area (Å²) in [5.41, 5.74) is -0.661. The molecule has 0 aliphatic heterocycles. The van der Waals surface area contributed by atoms with E-state index in [4.69, 9.17) is 11.6 Å². The Hall–Kier alpha value is -0.680. The first-order chi connectivity index (χ1) is 7.36. The van der Waals surface area contributed by atoms with E-state index in [2.05, 4.69) is 0 Å². The highest BCUT2D eigenvalue weighted by molar-refractivity contribution is 7.99. The number of halogens is 4. The summed E-state index contributed by atoms with van der Waals surface area (Å²) < 4.78 is 37.2. The molecule has 0 amide bonds. The minimum absolute atomic E-state index is 0.113. The van der Waals surface area contributed by atoms with Gasteiger partial charge in [0.1, 0.15) is 0 Å². The Morgan fingerprint density at radius 3 is 2.50 bits per heavy atom. The largest absolute Gasteiger partial charge is 0.416 e. The Morgan fingerprint density at radius 1 is 1.44 bits per heavy atom. The Balaban J connectivity index is 3.22. The summed E-state index contributed by atoms with van der Waals surface area (Å²) in [6.45, 7) is 1.79. The van der Waals surface area contributed by atoms with Crippen LogP contribution in [-0.2, 0) is 6.18 Å². The van der Waals surface area contributed by atoms with Gasteiger partial charge in [-0.25, -0.2) is 0 Å². The van der Waals surface area contributed by atoms with Crippen LogP contribution in [0.3, 0.4) is 0 Å². The van der Waals surface area contributed by atoms with Crippen LogP contribution in [0.25, 0.3) is 0 Å². The van der Waals surface area contributed by atoms with Gasteiger partial charge in [0, 0.05) is 10.5 Å². The number of thioether (sulfide) groups is 1. The second-order valence-corrected chi connectivity index (χ2v) is 4.56. The van der Waals surface area contributed by atoms with Crippen LogP contribution < -0.4 is 0 Å². The molecule has 88 valence electrons. The molecule has 0 atom stereocenters. The van der Waals surface area contributed by atoms with Crippen molar-refractivity contribution in [1.29, 1.82) is 0 Å². The van der Waals surface area contributed by atoms with Crippen molar-refractivity contribution in [3.63, 3.8) is 0 Å². The zero-order valence-electron chi connectivity index (χ0n) is 8.27. The van der Waals surface area contributed by atoms with Crippen LogP contribution >= 0.6 is 23.4 Å². The summed E-state index contributed by atoms with van der Waals surface area (Å²) in [4.78, 5) is 11.2. The van der Waals surface area contributed by atoms with E-state index in [0.29, 0.717) is 5.75 Å². The minimum Gasteiger partial charge on any atom is -0.276 e. The van der Waals surface area contributed by atoms with E-state index < -0.39 is 17.0 Å². The summed E-state index contributed by atoms with van der Waals surface area (Å²) in [6, 6.07) is 2.91. The van der Waals surface area contributed by atoms with E-state index in [1.807, 2.05) is 0 Å². The molecule has 0 saturated heterocycles. The highest BCUT2D eigenvalue weighted by Gasteiger charge is 2.31. The predicted octanol–water partition coefficient (Wildman–Crippen LogP) is 4.20. The molecule has 6 heteroatoms. The lowest BCUT2D eigenvalue weighted by molar-refractivity contribution is -0.137. The molecule has 0 radical (unpaired) electrons. The van der Waals surface area contributed by atoms with E-state index >= 15 is 0 Å². The second kappa shape index (κ2) is 5.10. The average molecular weight is 269 g/mol. The van der Waals surface area contributed by atoms with Crippen molar-refractivity contribution >= 4 is 28.6 Å². The predicted molar refractivity (Wildman–Crippen MR) is 58.0 cm³/mol. The SMILES string of the molecule is CCSc1cc(C(F)(F)F)ccc1C(=O)Cl. The third-order valence-corrected chi connectivity index (χ3v) is 2.96. The van der Waals surface area contributed by atoms with Gasteiger partial charge < -0.3 is 0 Å². The fraction of sp³-hybridized carbons (Fsp3) is 0.300. The van der Waals surface area contributed by atoms with Crippen molar-refractivity contribution in [3.8, 4) is 0 Å². The van der Waals surface area contributed by atoms with Crippen molar-refractivity contribution in [2.75, 3.05) is 5.75 Å². The zero-order valence-corrected chi connectivity index (χ0v) is 9.84. The molecule has 0 aromatic heterocycles. The van der Waals surface area contributed by atoms with Gasteiger partial charge in [-0.1, -0.05) is 6.92 Å². The fourth-order valence-electron chi connectivity index (χ4n) is 1.14. The summed E-state index contributed by atoms with van der Waals surface area (Å²) >= 11 is 6.43. The molecule has 0 fully saturated rings. The normalized spacial score (nSPS) is 11.6. The maximum Gasteiger partial charge on any atom is 0.416 e. The standard InChI is InChI=1S/C10H8ClF3OS/c1-2-16-8-5-6(10(12,13)14)3-4-7(8)9(11)15/h3-5H,2H2,1H3. The molecule has 1 aromatic rings. The number of benzene rings is 1. The lowest BCUT2D eigenvalue weighted by atomic mass is 10.1. The monoisotopic (exact) mass is 268 g/mol. The molecule has 0 aliphatic carbocycles. The quantitative estimate of drug-likeness (QED) is 0.604. The number of carbonyl (C=O) groups is 1. The third kappa shape index (κ3) is 3.15. The van der Waals surface area contributed by atoms with Crippen LogP contribution in [0, 0.1) is 0 Å². The number of hydrogen-bond acceptors (Lipinski definition) is 2. The van der Waals surface area contributed by atoms with Gasteiger partial charge in [0.2, 0.25) is 0 Å². The van der Waals surface area contributed by atoms with Crippen molar-refractivity contribution in [2.24, 2.45) is 0 Å². The van der Waals surface area contributed by atoms with Gasteiger partial charge in [-0.3, -0.25) is 4.79 Å². The summed E-state index contributed by atoms with van der Waals surface area (Å²) in [5.74, 6) is 0.568. The number of hydrogen-bond donors (Lipinski definition) is 0. The maximum atomic E-state index is 12.4. The smallest absolute Gasteiger partial charge is 0.276 e. The Labute approximate surface area is 100.0 Å². The Kier molecular flexibility index (Phi) is 4.27. The average Bonchev–Trinajstić information content (AvgIpc) is 2.16. The molecule has 1 rings (SSSR count). The van der Waals surface area contributed by atoms with E-state index in [1.165, 1.54) is 0 Å². The molecule has 0 aliphatic rings. The first-order valence-electron chi connectivity index (χ1n) is 4.40. The molecular formula is C10H8ClF3OS. The Morgan fingerprint density at radius 2 is 2.06 bits per heavy atom. The molecule has 0 N–H and O–H groups in total. The lowest BCUT2D eigenvalue weighted by Crippen LogP contribution is -2.06. The fourth-order valence-corrected chi connectivity index (χ4v) is 2.19. The van der Waals surface area contributed by atoms with Gasteiger partial charge in [-0.05, 0) is 35.6 Å². The number of alkyl halides is 3. The first kappa shape index (κ1) is 13.4. The minimum atomic E-state index is -4.41. The van der Waals surface area contributed by atoms with Crippen molar-refractivity contribution < 1.29 is 18.0 Å². The third-order valence-electron chi connectivity index (χ3n) is 1.82. The van der Waals surface area contributed by atoms with Crippen molar-refractivity contribution in [3.05, 3.63) is 29.3 Å². The zero-order chi connectivity index (χ0) is 12.3. The van der Waals surface area contributed by atoms with Crippen LogP contribution in [0.15, 0.2) is 23.1 Å². The summed E-state index contributed by atoms with van der Waals surface area (Å²) in [7, 11) is 0. The van der Waals surface area contributed by atoms with Crippen LogP contribution in [0.4, 0.5) is 13.2 Å². The molecule has 0 bridgehead atoms. The molecule has 1 aromatic carbocycles. The highest BCUT2D eigenvalue weighted by atomic mass is 35.5. The molecule has 0 saturated carbocycles. The molecule has 0 unspecified atom stereocenters. The Bertz CT molecular complexity index is 404. The molecule has 0 heterocycles. The van der Waals surface area contributed by atoms with Crippen LogP contribution in [0.2, 0.25) is 0 Å². The second-order valence-electron chi connectivity index (χ2n) is 2.92. The number of rotatable bonds is 3. The van der Waals surface area contributed by atoms with Crippen LogP contribution in [-0.4, -0.2) is 11.0 Å². The summed E-state index contributed by atoms with van der Waals surface area (Å²) in [5, 5.41) is -0.746. The van der Waals surface area contributed by atoms with Crippen molar-refractivity contribution in [2.45, 2.75) is 18.0 Å². The van der Waals surface area contributed by atoms with E-state index in [1.54, 1.807) is 6.92 Å². The van der Waals surface area contributed by atoms with E-state index in [0.717, 1.165) is 30.0 Å². The van der Waals surface area contributed by atoms with Gasteiger partial charge in [0.25, 0.3) is 5.24 Å². The summed E-state index contributed by atoms with van der Waals surface area (Å²) in [6.07, 6.45) is -4.41. The van der Waals surface area contributed by atoms with Crippen LogP contribution in [0.5, 0.6) is 0 Å². The van der Waals surface area contributed by atoms with E-state index in [-0.39, 0.29) is 10.5 Å². The lowest BCUT2D eigenvalue weighted by Gasteiger charge is -2.10. The van der Waals surface area contributed by atoms with Crippen molar-refractivity contribution in [1.82, 2.24) is 0 Å². The first-order valence-corrected chi connectivity index (χ1v) is 5.76. The molecule has 0 spiro atoms. The van der Waals surface area contributed by atoms with Gasteiger partial charge in [-0.15, -0.1) is 11.8 Å². The van der Waals surface area contributed by atoms with Crippen LogP contribution in [0.1, 0.15) is 22.8 Å². The molecule has 16 heavy (non-hydrogen) atoms. The number of carbonyl (C=O) groups excluding carboxylic acids is 1. The molecular weight excluding hydrogens is 261 g/mol.